The van der Waals surface area contributed by atoms with Gasteiger partial charge in [0, 0.05) is 7.11 Å². The predicted molar refractivity (Wildman–Crippen MR) is 45.1 cm³/mol. The van der Waals surface area contributed by atoms with Crippen molar-refractivity contribution in [3.05, 3.63) is 48.6 Å². The van der Waals surface area contributed by atoms with Gasteiger partial charge >= 0.3 is 0 Å². The molecule has 57 valence electrons. The van der Waals surface area contributed by atoms with Crippen LogP contribution in [-0.4, -0.2) is 7.11 Å². The molecular formula is C10H11O. The summed E-state index contributed by atoms with van der Waals surface area (Å²) in [6.07, 6.45) is 1.45. The normalized spacial score (nSPS) is 12.5. The lowest BCUT2D eigenvalue weighted by Gasteiger charge is -2.09. The summed E-state index contributed by atoms with van der Waals surface area (Å²) in [7, 11) is 1.64. The minimum absolute atomic E-state index is 0.0869. The third kappa shape index (κ3) is 1.92. The molecule has 0 heterocycles. The fraction of sp³-hybridized carbons (Fsp3) is 0.200. The van der Waals surface area contributed by atoms with Crippen LogP contribution >= 0.6 is 0 Å². The summed E-state index contributed by atoms with van der Waals surface area (Å²) < 4.78 is 5.10. The number of benzene rings is 1. The van der Waals surface area contributed by atoms with Crippen LogP contribution in [0.4, 0.5) is 0 Å². The first-order chi connectivity index (χ1) is 5.38. The Balaban J connectivity index is 2.82. The van der Waals surface area contributed by atoms with E-state index in [1.807, 2.05) is 30.3 Å². The van der Waals surface area contributed by atoms with Crippen LogP contribution in [0.15, 0.2) is 36.4 Å². The third-order valence-corrected chi connectivity index (χ3v) is 1.56. The Bertz CT molecular complexity index is 216. The van der Waals surface area contributed by atoms with Gasteiger partial charge in [0.2, 0.25) is 0 Å². The molecule has 11 heavy (non-hydrogen) atoms. The Hall–Kier alpha value is -1.08. The molecule has 0 aromatic heterocycles. The van der Waals surface area contributed by atoms with Gasteiger partial charge in [0.25, 0.3) is 0 Å². The molecule has 0 saturated carbocycles. The van der Waals surface area contributed by atoms with Crippen molar-refractivity contribution in [2.24, 2.45) is 0 Å². The van der Waals surface area contributed by atoms with Crippen LogP contribution in [0.3, 0.4) is 0 Å². The summed E-state index contributed by atoms with van der Waals surface area (Å²) in [6.45, 7) is 5.37. The number of methoxy groups -OCH3 is 1. The molecule has 0 N–H and O–H groups in total. The zero-order chi connectivity index (χ0) is 8.10. The summed E-state index contributed by atoms with van der Waals surface area (Å²) in [5.41, 5.74) is 1.08. The summed E-state index contributed by atoms with van der Waals surface area (Å²) in [5, 5.41) is 0. The summed E-state index contributed by atoms with van der Waals surface area (Å²) >= 11 is 0. The second-order valence-corrected chi connectivity index (χ2v) is 2.26. The molecule has 0 saturated heterocycles. The maximum absolute atomic E-state index is 5.37. The molecule has 0 aliphatic rings. The highest BCUT2D eigenvalue weighted by Crippen LogP contribution is 2.15. The second kappa shape index (κ2) is 3.94. The molecule has 1 aromatic rings. The van der Waals surface area contributed by atoms with Crippen molar-refractivity contribution in [3.63, 3.8) is 0 Å². The maximum Gasteiger partial charge on any atom is 0.101 e. The van der Waals surface area contributed by atoms with Gasteiger partial charge in [0.1, 0.15) is 6.10 Å². The monoisotopic (exact) mass is 147 g/mol. The average molecular weight is 147 g/mol. The van der Waals surface area contributed by atoms with Crippen molar-refractivity contribution in [1.29, 1.82) is 0 Å². The van der Waals surface area contributed by atoms with Crippen LogP contribution in [-0.2, 0) is 4.74 Å². The zero-order valence-electron chi connectivity index (χ0n) is 6.53. The fourth-order valence-electron chi connectivity index (χ4n) is 0.968. The molecule has 1 rings (SSSR count). The molecule has 1 unspecified atom stereocenters. The molecule has 0 aliphatic carbocycles. The first-order valence-electron chi connectivity index (χ1n) is 3.51. The van der Waals surface area contributed by atoms with Gasteiger partial charge in [0.15, 0.2) is 0 Å². The molecule has 0 bridgehead atoms. The molecular weight excluding hydrogens is 136 g/mol. The van der Waals surface area contributed by atoms with Crippen molar-refractivity contribution in [2.75, 3.05) is 7.11 Å². The van der Waals surface area contributed by atoms with E-state index in [-0.39, 0.29) is 6.10 Å². The second-order valence-electron chi connectivity index (χ2n) is 2.26. The number of rotatable bonds is 3. The van der Waals surface area contributed by atoms with Crippen molar-refractivity contribution in [2.45, 2.75) is 6.10 Å². The minimum Gasteiger partial charge on any atom is -0.373 e. The Morgan fingerprint density at radius 2 is 2.00 bits per heavy atom. The van der Waals surface area contributed by atoms with E-state index in [2.05, 4.69) is 0 Å². The van der Waals surface area contributed by atoms with Crippen molar-refractivity contribution in [3.8, 4) is 0 Å². The van der Waals surface area contributed by atoms with Gasteiger partial charge in [-0.05, 0) is 5.56 Å². The largest absolute Gasteiger partial charge is 0.373 e. The quantitative estimate of drug-likeness (QED) is 0.637. The lowest BCUT2D eigenvalue weighted by molar-refractivity contribution is 0.143. The topological polar surface area (TPSA) is 9.23 Å². The van der Waals surface area contributed by atoms with Crippen LogP contribution in [0.5, 0.6) is 0 Å². The molecule has 1 radical (unpaired) electrons. The summed E-state index contributed by atoms with van der Waals surface area (Å²) in [4.78, 5) is 0. The van der Waals surface area contributed by atoms with Crippen LogP contribution < -0.4 is 0 Å². The minimum atomic E-state index is -0.0869. The SMILES string of the molecule is [CH]=CC(OC)c1ccccc1. The molecule has 0 amide bonds. The van der Waals surface area contributed by atoms with Crippen molar-refractivity contribution < 1.29 is 4.74 Å². The summed E-state index contributed by atoms with van der Waals surface area (Å²) in [5.74, 6) is 0. The van der Waals surface area contributed by atoms with E-state index in [0.29, 0.717) is 0 Å². The molecule has 1 aromatic carbocycles. The highest BCUT2D eigenvalue weighted by molar-refractivity contribution is 5.20. The zero-order valence-corrected chi connectivity index (χ0v) is 6.53. The number of hydrogen-bond acceptors (Lipinski definition) is 1. The predicted octanol–water partition coefficient (Wildman–Crippen LogP) is 2.36. The first kappa shape index (κ1) is 8.02. The molecule has 0 aliphatic heterocycles. The Labute approximate surface area is 67.3 Å². The maximum atomic E-state index is 5.37. The van der Waals surface area contributed by atoms with E-state index in [9.17, 15) is 0 Å². The van der Waals surface area contributed by atoms with Gasteiger partial charge in [-0.25, -0.2) is 0 Å². The van der Waals surface area contributed by atoms with Crippen molar-refractivity contribution in [1.82, 2.24) is 0 Å². The van der Waals surface area contributed by atoms with Crippen LogP contribution in [0, 0.1) is 6.58 Å². The molecule has 1 atom stereocenters. The Morgan fingerprint density at radius 1 is 1.36 bits per heavy atom. The Kier molecular flexibility index (Phi) is 2.87. The molecule has 0 spiro atoms. The fourth-order valence-corrected chi connectivity index (χ4v) is 0.968. The lowest BCUT2D eigenvalue weighted by atomic mass is 10.1. The van der Waals surface area contributed by atoms with Crippen molar-refractivity contribution >= 4 is 0 Å². The van der Waals surface area contributed by atoms with E-state index in [0.717, 1.165) is 5.56 Å². The van der Waals surface area contributed by atoms with E-state index < -0.39 is 0 Å². The lowest BCUT2D eigenvalue weighted by Crippen LogP contribution is -1.95. The van der Waals surface area contributed by atoms with Gasteiger partial charge in [-0.3, -0.25) is 0 Å². The van der Waals surface area contributed by atoms with E-state index in [4.69, 9.17) is 11.3 Å². The molecule has 1 heteroatoms. The standard InChI is InChI=1S/C10H11O/c1-3-10(11-2)9-7-5-4-6-8-9/h1,3-8,10H,2H3. The van der Waals surface area contributed by atoms with Crippen LogP contribution in [0.25, 0.3) is 0 Å². The molecule has 0 fully saturated rings. The number of ether oxygens (including phenoxy) is 1. The van der Waals surface area contributed by atoms with Crippen LogP contribution in [0.1, 0.15) is 11.7 Å². The van der Waals surface area contributed by atoms with Crippen LogP contribution in [0.2, 0.25) is 0 Å². The number of hydrogen-bond donors (Lipinski definition) is 0. The third-order valence-electron chi connectivity index (χ3n) is 1.56. The molecule has 1 nitrogen and oxygen atoms in total. The smallest absolute Gasteiger partial charge is 0.101 e. The van der Waals surface area contributed by atoms with E-state index >= 15 is 0 Å². The highest BCUT2D eigenvalue weighted by atomic mass is 16.5. The van der Waals surface area contributed by atoms with Gasteiger partial charge in [-0.2, -0.15) is 0 Å². The van der Waals surface area contributed by atoms with E-state index in [1.54, 1.807) is 7.11 Å². The van der Waals surface area contributed by atoms with Gasteiger partial charge in [-0.15, -0.1) is 0 Å². The van der Waals surface area contributed by atoms with E-state index in [1.165, 1.54) is 6.08 Å². The van der Waals surface area contributed by atoms with Gasteiger partial charge in [-0.1, -0.05) is 43.0 Å². The highest BCUT2D eigenvalue weighted by Gasteiger charge is 2.02. The van der Waals surface area contributed by atoms with Gasteiger partial charge < -0.3 is 4.74 Å². The summed E-state index contributed by atoms with van der Waals surface area (Å²) in [6, 6.07) is 9.86. The van der Waals surface area contributed by atoms with Gasteiger partial charge in [0.05, 0.1) is 0 Å². The average Bonchev–Trinajstić information content (AvgIpc) is 2.09. The Morgan fingerprint density at radius 3 is 2.45 bits per heavy atom. The first-order valence-corrected chi connectivity index (χ1v) is 3.51.